The Kier molecular flexibility index (Phi) is 3.10. The molecule has 0 radical (unpaired) electrons. The van der Waals surface area contributed by atoms with Crippen molar-refractivity contribution in [3.8, 4) is 0 Å². The Morgan fingerprint density at radius 2 is 2.24 bits per heavy atom. The monoisotopic (exact) mass is 254 g/mol. The van der Waals surface area contributed by atoms with Gasteiger partial charge in [-0.1, -0.05) is 0 Å². The number of benzene rings is 1. The van der Waals surface area contributed by atoms with Gasteiger partial charge in [-0.3, -0.25) is 5.10 Å². The highest BCUT2D eigenvalue weighted by molar-refractivity contribution is 7.71. The Balaban J connectivity index is 2.36. The highest BCUT2D eigenvalue weighted by atomic mass is 32.1. The summed E-state index contributed by atoms with van der Waals surface area (Å²) in [5.74, 6) is -0.758. The zero-order valence-corrected chi connectivity index (χ0v) is 9.63. The second-order valence-corrected chi connectivity index (χ2v) is 3.68. The molecule has 2 aromatic rings. The number of hydrogen-bond acceptors (Lipinski definition) is 3. The van der Waals surface area contributed by atoms with Gasteiger partial charge in [-0.15, -0.1) is 0 Å². The second kappa shape index (κ2) is 4.54. The van der Waals surface area contributed by atoms with E-state index in [0.29, 0.717) is 10.6 Å². The molecule has 0 aliphatic heterocycles. The van der Waals surface area contributed by atoms with E-state index in [1.54, 1.807) is 6.92 Å². The van der Waals surface area contributed by atoms with Crippen LogP contribution in [0.2, 0.25) is 0 Å². The predicted octanol–water partition coefficient (Wildman–Crippen LogP) is 2.41. The maximum absolute atomic E-state index is 13.3. The first-order valence-electron chi connectivity index (χ1n) is 4.71. The van der Waals surface area contributed by atoms with Gasteiger partial charge in [-0.2, -0.15) is 14.9 Å². The number of halogens is 2. The lowest BCUT2D eigenvalue weighted by Gasteiger charge is -1.97. The normalized spacial score (nSPS) is 11.2. The molecule has 0 bridgehead atoms. The van der Waals surface area contributed by atoms with Crippen LogP contribution in [0.25, 0.3) is 0 Å². The molecule has 0 aliphatic carbocycles. The minimum absolute atomic E-state index is 0.175. The van der Waals surface area contributed by atoms with E-state index in [1.807, 2.05) is 0 Å². The molecule has 1 aromatic heterocycles. The van der Waals surface area contributed by atoms with Gasteiger partial charge in [0.05, 0.1) is 6.21 Å². The Morgan fingerprint density at radius 3 is 2.82 bits per heavy atom. The topological polar surface area (TPSA) is 46.0 Å². The van der Waals surface area contributed by atoms with Gasteiger partial charge in [-0.05, 0) is 31.3 Å². The lowest BCUT2D eigenvalue weighted by Crippen LogP contribution is -1.96. The molecule has 0 fully saturated rings. The van der Waals surface area contributed by atoms with E-state index in [9.17, 15) is 8.78 Å². The fourth-order valence-electron chi connectivity index (χ4n) is 1.23. The van der Waals surface area contributed by atoms with Crippen LogP contribution < -0.4 is 0 Å². The lowest BCUT2D eigenvalue weighted by atomic mass is 10.2. The van der Waals surface area contributed by atoms with Crippen molar-refractivity contribution in [3.63, 3.8) is 0 Å². The highest BCUT2D eigenvalue weighted by Crippen LogP contribution is 2.07. The number of aromatic amines is 1. The molecule has 0 saturated carbocycles. The van der Waals surface area contributed by atoms with E-state index in [0.717, 1.165) is 12.1 Å². The number of aromatic nitrogens is 3. The minimum Gasteiger partial charge on any atom is -0.250 e. The van der Waals surface area contributed by atoms with E-state index >= 15 is 0 Å². The van der Waals surface area contributed by atoms with Crippen LogP contribution in [0.4, 0.5) is 8.78 Å². The van der Waals surface area contributed by atoms with Crippen molar-refractivity contribution in [2.45, 2.75) is 6.92 Å². The van der Waals surface area contributed by atoms with Gasteiger partial charge in [0.15, 0.2) is 0 Å². The zero-order chi connectivity index (χ0) is 12.4. The molecule has 0 amide bonds. The van der Waals surface area contributed by atoms with Crippen molar-refractivity contribution in [1.82, 2.24) is 14.9 Å². The maximum Gasteiger partial charge on any atom is 0.216 e. The third-order valence-corrected chi connectivity index (χ3v) is 2.35. The molecule has 0 saturated heterocycles. The number of nitrogens with zero attached hydrogens (tertiary/aromatic N) is 3. The SMILES string of the molecule is Cc1n[nH]c(=S)n1/N=C\c1ccc(F)cc1F. The van der Waals surface area contributed by atoms with Crippen molar-refractivity contribution in [2.24, 2.45) is 5.10 Å². The molecule has 0 spiro atoms. The third-order valence-electron chi connectivity index (χ3n) is 2.09. The van der Waals surface area contributed by atoms with Crippen molar-refractivity contribution in [2.75, 3.05) is 0 Å². The molecule has 1 aromatic carbocycles. The molecule has 0 unspecified atom stereocenters. The second-order valence-electron chi connectivity index (χ2n) is 3.30. The first kappa shape index (κ1) is 11.6. The molecule has 1 heterocycles. The summed E-state index contributed by atoms with van der Waals surface area (Å²) in [4.78, 5) is 0. The molecular weight excluding hydrogens is 246 g/mol. The first-order chi connectivity index (χ1) is 8.08. The Labute approximate surface area is 101 Å². The van der Waals surface area contributed by atoms with E-state index in [1.165, 1.54) is 17.0 Å². The van der Waals surface area contributed by atoms with Gasteiger partial charge in [0.2, 0.25) is 4.77 Å². The molecule has 17 heavy (non-hydrogen) atoms. The van der Waals surface area contributed by atoms with E-state index in [4.69, 9.17) is 12.2 Å². The summed E-state index contributed by atoms with van der Waals surface area (Å²) in [7, 11) is 0. The average molecular weight is 254 g/mol. The lowest BCUT2D eigenvalue weighted by molar-refractivity contribution is 0.582. The van der Waals surface area contributed by atoms with Gasteiger partial charge >= 0.3 is 0 Å². The summed E-state index contributed by atoms with van der Waals surface area (Å²) in [6.07, 6.45) is 1.26. The third kappa shape index (κ3) is 2.44. The van der Waals surface area contributed by atoms with Gasteiger partial charge in [-0.25, -0.2) is 8.78 Å². The van der Waals surface area contributed by atoms with E-state index < -0.39 is 11.6 Å². The summed E-state index contributed by atoms with van der Waals surface area (Å²) in [5, 5.41) is 10.3. The largest absolute Gasteiger partial charge is 0.250 e. The number of hydrogen-bond donors (Lipinski definition) is 1. The van der Waals surface area contributed by atoms with Crippen molar-refractivity contribution in [1.29, 1.82) is 0 Å². The van der Waals surface area contributed by atoms with Crippen LogP contribution in [-0.2, 0) is 0 Å². The molecule has 0 aliphatic rings. The maximum atomic E-state index is 13.3. The first-order valence-corrected chi connectivity index (χ1v) is 5.12. The molecule has 2 rings (SSSR count). The minimum atomic E-state index is -0.679. The van der Waals surface area contributed by atoms with E-state index in [-0.39, 0.29) is 5.56 Å². The Hall–Kier alpha value is -1.89. The van der Waals surface area contributed by atoms with Crippen LogP contribution in [0.5, 0.6) is 0 Å². The molecule has 0 atom stereocenters. The van der Waals surface area contributed by atoms with Crippen LogP contribution in [0.15, 0.2) is 23.3 Å². The molecule has 1 N–H and O–H groups in total. The highest BCUT2D eigenvalue weighted by Gasteiger charge is 2.02. The summed E-state index contributed by atoms with van der Waals surface area (Å²) >= 11 is 4.92. The Bertz CT molecular complexity index is 629. The van der Waals surface area contributed by atoms with Crippen molar-refractivity contribution < 1.29 is 8.78 Å². The quantitative estimate of drug-likeness (QED) is 0.660. The van der Waals surface area contributed by atoms with Gasteiger partial charge in [0.25, 0.3) is 0 Å². The van der Waals surface area contributed by atoms with Crippen LogP contribution in [0.3, 0.4) is 0 Å². The van der Waals surface area contributed by atoms with Crippen molar-refractivity contribution >= 4 is 18.4 Å². The fourth-order valence-corrected chi connectivity index (χ4v) is 1.46. The summed E-state index contributed by atoms with van der Waals surface area (Å²) in [5.41, 5.74) is 0.175. The summed E-state index contributed by atoms with van der Waals surface area (Å²) in [6.45, 7) is 1.70. The molecule has 88 valence electrons. The van der Waals surface area contributed by atoms with Crippen molar-refractivity contribution in [3.05, 3.63) is 46.0 Å². The summed E-state index contributed by atoms with van der Waals surface area (Å²) in [6, 6.07) is 3.25. The van der Waals surface area contributed by atoms with Crippen LogP contribution >= 0.6 is 12.2 Å². The molecule has 7 heteroatoms. The van der Waals surface area contributed by atoms with Crippen LogP contribution in [-0.4, -0.2) is 21.1 Å². The number of nitrogens with one attached hydrogen (secondary N) is 1. The molecular formula is C10H8F2N4S. The van der Waals surface area contributed by atoms with Crippen LogP contribution in [0, 0.1) is 23.3 Å². The van der Waals surface area contributed by atoms with Gasteiger partial charge < -0.3 is 0 Å². The van der Waals surface area contributed by atoms with Gasteiger partial charge in [0, 0.05) is 11.6 Å². The standard InChI is InChI=1S/C10H8F2N4S/c1-6-14-15-10(17)16(6)13-5-7-2-3-8(11)4-9(7)12/h2-5H,1H3,(H,15,17)/b13-5-. The van der Waals surface area contributed by atoms with E-state index in [2.05, 4.69) is 15.3 Å². The molecule has 4 nitrogen and oxygen atoms in total. The summed E-state index contributed by atoms with van der Waals surface area (Å²) < 4.78 is 27.6. The number of H-pyrrole nitrogens is 1. The zero-order valence-electron chi connectivity index (χ0n) is 8.82. The Morgan fingerprint density at radius 1 is 1.47 bits per heavy atom. The number of rotatable bonds is 2. The number of aryl methyl sites for hydroxylation is 1. The average Bonchev–Trinajstić information content (AvgIpc) is 2.58. The predicted molar refractivity (Wildman–Crippen MR) is 61.5 cm³/mol. The van der Waals surface area contributed by atoms with Crippen LogP contribution in [0.1, 0.15) is 11.4 Å². The van der Waals surface area contributed by atoms with Gasteiger partial charge in [0.1, 0.15) is 17.5 Å². The fraction of sp³-hybridized carbons (Fsp3) is 0.100. The smallest absolute Gasteiger partial charge is 0.216 e.